The molecule has 3 nitrogen and oxygen atoms in total. The van der Waals surface area contributed by atoms with E-state index >= 15 is 0 Å². The summed E-state index contributed by atoms with van der Waals surface area (Å²) in [6.45, 7) is 2.04. The van der Waals surface area contributed by atoms with Gasteiger partial charge >= 0.3 is 0 Å². The van der Waals surface area contributed by atoms with Crippen LogP contribution < -0.4 is 10.6 Å². The largest absolute Gasteiger partial charge is 0.322 e. The van der Waals surface area contributed by atoms with Crippen LogP contribution in [0.3, 0.4) is 0 Å². The minimum Gasteiger partial charge on any atom is -0.322 e. The molecule has 1 amide bonds. The first-order valence-corrected chi connectivity index (χ1v) is 6.97. The van der Waals surface area contributed by atoms with Crippen LogP contribution in [-0.4, -0.2) is 12.5 Å². The van der Waals surface area contributed by atoms with Gasteiger partial charge in [0.1, 0.15) is 5.82 Å². The van der Waals surface area contributed by atoms with E-state index in [9.17, 15) is 9.18 Å². The van der Waals surface area contributed by atoms with Crippen LogP contribution in [-0.2, 0) is 4.79 Å². The first-order chi connectivity index (χ1) is 10.1. The lowest BCUT2D eigenvalue weighted by Gasteiger charge is -2.14. The quantitative estimate of drug-likeness (QED) is 0.883. The molecule has 0 unspecified atom stereocenters. The first kappa shape index (κ1) is 15.5. The molecule has 0 aliphatic carbocycles. The van der Waals surface area contributed by atoms with E-state index in [1.54, 1.807) is 24.3 Å². The van der Waals surface area contributed by atoms with Gasteiger partial charge in [-0.25, -0.2) is 4.39 Å². The molecule has 0 saturated carbocycles. The molecule has 0 radical (unpaired) electrons. The predicted molar refractivity (Wildman–Crippen MR) is 82.9 cm³/mol. The Bertz CT molecular complexity index is 616. The summed E-state index contributed by atoms with van der Waals surface area (Å²) in [6, 6.07) is 13.5. The molecule has 1 atom stereocenters. The molecule has 0 heterocycles. The Morgan fingerprint density at radius 3 is 2.52 bits per heavy atom. The average molecular weight is 307 g/mol. The number of hydrogen-bond donors (Lipinski definition) is 2. The maximum Gasteiger partial charge on any atom is 0.238 e. The molecule has 2 aromatic rings. The third-order valence-electron chi connectivity index (χ3n) is 3.09. The zero-order valence-corrected chi connectivity index (χ0v) is 12.3. The van der Waals surface area contributed by atoms with Crippen molar-refractivity contribution in [3.05, 3.63) is 64.9 Å². The second-order valence-corrected chi connectivity index (χ2v) is 5.12. The number of nitrogens with one attached hydrogen (secondary N) is 2. The lowest BCUT2D eigenvalue weighted by atomic mass is 10.1. The summed E-state index contributed by atoms with van der Waals surface area (Å²) in [4.78, 5) is 11.8. The van der Waals surface area contributed by atoms with Crippen molar-refractivity contribution in [3.8, 4) is 0 Å². The van der Waals surface area contributed by atoms with Gasteiger partial charge < -0.3 is 10.6 Å². The molecule has 0 spiro atoms. The average Bonchev–Trinajstić information content (AvgIpc) is 2.48. The normalized spacial score (nSPS) is 12.0. The van der Waals surface area contributed by atoms with Gasteiger partial charge in [-0.2, -0.15) is 0 Å². The van der Waals surface area contributed by atoms with Crippen LogP contribution >= 0.6 is 11.6 Å². The molecular formula is C16H16ClFN2O. The van der Waals surface area contributed by atoms with Gasteiger partial charge in [0.15, 0.2) is 0 Å². The van der Waals surface area contributed by atoms with Crippen molar-refractivity contribution in [2.45, 2.75) is 13.0 Å². The van der Waals surface area contributed by atoms with Crippen LogP contribution in [0.1, 0.15) is 18.5 Å². The van der Waals surface area contributed by atoms with Crippen molar-refractivity contribution >= 4 is 23.2 Å². The van der Waals surface area contributed by atoms with Crippen molar-refractivity contribution in [2.75, 3.05) is 11.9 Å². The van der Waals surface area contributed by atoms with Crippen LogP contribution in [0.15, 0.2) is 48.5 Å². The molecule has 0 aliphatic heterocycles. The molecular weight excluding hydrogens is 291 g/mol. The van der Waals surface area contributed by atoms with Crippen LogP contribution in [0.2, 0.25) is 5.02 Å². The SMILES string of the molecule is C[C@@H](NCC(=O)Nc1ccccc1F)c1ccc(Cl)cc1. The fourth-order valence-electron chi connectivity index (χ4n) is 1.87. The van der Waals surface area contributed by atoms with E-state index in [-0.39, 0.29) is 24.2 Å². The maximum atomic E-state index is 13.4. The van der Waals surface area contributed by atoms with Crippen molar-refractivity contribution in [3.63, 3.8) is 0 Å². The zero-order valence-electron chi connectivity index (χ0n) is 11.6. The van der Waals surface area contributed by atoms with E-state index in [2.05, 4.69) is 10.6 Å². The molecule has 2 aromatic carbocycles. The molecule has 0 saturated heterocycles. The predicted octanol–water partition coefficient (Wildman–Crippen LogP) is 3.77. The maximum absolute atomic E-state index is 13.4. The second kappa shape index (κ2) is 7.20. The topological polar surface area (TPSA) is 41.1 Å². The number of hydrogen-bond acceptors (Lipinski definition) is 2. The number of carbonyl (C=O) groups is 1. The molecule has 0 aromatic heterocycles. The van der Waals surface area contributed by atoms with Crippen LogP contribution in [0.25, 0.3) is 0 Å². The number of amides is 1. The Morgan fingerprint density at radius 2 is 1.86 bits per heavy atom. The van der Waals surface area contributed by atoms with Gasteiger partial charge in [0.25, 0.3) is 0 Å². The smallest absolute Gasteiger partial charge is 0.238 e. The summed E-state index contributed by atoms with van der Waals surface area (Å²) >= 11 is 5.83. The Labute approximate surface area is 128 Å². The van der Waals surface area contributed by atoms with E-state index in [1.807, 2.05) is 19.1 Å². The minimum atomic E-state index is -0.448. The second-order valence-electron chi connectivity index (χ2n) is 4.68. The third kappa shape index (κ3) is 4.55. The zero-order chi connectivity index (χ0) is 15.2. The molecule has 0 fully saturated rings. The van der Waals surface area contributed by atoms with Gasteiger partial charge in [0.05, 0.1) is 12.2 Å². The standard InChI is InChI=1S/C16H16ClFN2O/c1-11(12-6-8-13(17)9-7-12)19-10-16(21)20-15-5-3-2-4-14(15)18/h2-9,11,19H,10H2,1H3,(H,20,21)/t11-/m1/s1. The number of halogens is 2. The monoisotopic (exact) mass is 306 g/mol. The highest BCUT2D eigenvalue weighted by Crippen LogP contribution is 2.16. The summed E-state index contributed by atoms with van der Waals surface area (Å²) in [5, 5.41) is 6.28. The first-order valence-electron chi connectivity index (χ1n) is 6.59. The Morgan fingerprint density at radius 1 is 1.19 bits per heavy atom. The lowest BCUT2D eigenvalue weighted by molar-refractivity contribution is -0.115. The number of anilines is 1. The fraction of sp³-hybridized carbons (Fsp3) is 0.188. The highest BCUT2D eigenvalue weighted by atomic mass is 35.5. The van der Waals surface area contributed by atoms with Gasteiger partial charge in [0, 0.05) is 11.1 Å². The molecule has 0 aliphatic rings. The molecule has 21 heavy (non-hydrogen) atoms. The van der Waals surface area contributed by atoms with Crippen LogP contribution in [0, 0.1) is 5.82 Å². The van der Waals surface area contributed by atoms with E-state index in [1.165, 1.54) is 12.1 Å². The number of carbonyl (C=O) groups excluding carboxylic acids is 1. The van der Waals surface area contributed by atoms with Crippen molar-refractivity contribution in [1.82, 2.24) is 5.32 Å². The lowest BCUT2D eigenvalue weighted by Crippen LogP contribution is -2.30. The number of rotatable bonds is 5. The molecule has 0 bridgehead atoms. The summed E-state index contributed by atoms with van der Waals surface area (Å²) in [5.74, 6) is -0.738. The summed E-state index contributed by atoms with van der Waals surface area (Å²) in [7, 11) is 0. The van der Waals surface area contributed by atoms with Crippen LogP contribution in [0.5, 0.6) is 0 Å². The van der Waals surface area contributed by atoms with Gasteiger partial charge in [-0.15, -0.1) is 0 Å². The molecule has 2 rings (SSSR count). The van der Waals surface area contributed by atoms with E-state index in [4.69, 9.17) is 11.6 Å². The Balaban J connectivity index is 1.86. The van der Waals surface area contributed by atoms with E-state index in [0.29, 0.717) is 5.02 Å². The molecule has 5 heteroatoms. The van der Waals surface area contributed by atoms with Gasteiger partial charge in [-0.05, 0) is 36.8 Å². The van der Waals surface area contributed by atoms with Crippen molar-refractivity contribution in [2.24, 2.45) is 0 Å². The number of benzene rings is 2. The minimum absolute atomic E-state index is 0.00589. The van der Waals surface area contributed by atoms with Gasteiger partial charge in [-0.3, -0.25) is 4.79 Å². The third-order valence-corrected chi connectivity index (χ3v) is 3.34. The summed E-state index contributed by atoms with van der Waals surface area (Å²) < 4.78 is 13.4. The Hall–Kier alpha value is -1.91. The van der Waals surface area contributed by atoms with Gasteiger partial charge in [-0.1, -0.05) is 35.9 Å². The highest BCUT2D eigenvalue weighted by molar-refractivity contribution is 6.30. The van der Waals surface area contributed by atoms with E-state index < -0.39 is 5.82 Å². The highest BCUT2D eigenvalue weighted by Gasteiger charge is 2.09. The summed E-state index contributed by atoms with van der Waals surface area (Å²) in [6.07, 6.45) is 0. The molecule has 2 N–H and O–H groups in total. The fourth-order valence-corrected chi connectivity index (χ4v) is 2.00. The van der Waals surface area contributed by atoms with Gasteiger partial charge in [0.2, 0.25) is 5.91 Å². The number of para-hydroxylation sites is 1. The van der Waals surface area contributed by atoms with Crippen molar-refractivity contribution in [1.29, 1.82) is 0 Å². The van der Waals surface area contributed by atoms with Crippen molar-refractivity contribution < 1.29 is 9.18 Å². The van der Waals surface area contributed by atoms with Crippen LogP contribution in [0.4, 0.5) is 10.1 Å². The summed E-state index contributed by atoms with van der Waals surface area (Å²) in [5.41, 5.74) is 1.21. The Kier molecular flexibility index (Phi) is 5.31. The molecule has 110 valence electrons. The van der Waals surface area contributed by atoms with E-state index in [0.717, 1.165) is 5.56 Å².